The van der Waals surface area contributed by atoms with E-state index < -0.39 is 0 Å². The van der Waals surface area contributed by atoms with Gasteiger partial charge in [-0.3, -0.25) is 0 Å². The summed E-state index contributed by atoms with van der Waals surface area (Å²) < 4.78 is 0. The highest BCUT2D eigenvalue weighted by Crippen LogP contribution is 2.09. The topological polar surface area (TPSA) is 23.1 Å². The number of hydrogen-bond acceptors (Lipinski definition) is 1. The molecule has 0 aromatic rings. The molecule has 0 radical (unpaired) electrons. The van der Waals surface area contributed by atoms with Crippen LogP contribution in [0.25, 0.3) is 0 Å². The lowest BCUT2D eigenvalue weighted by Gasteiger charge is -2.11. The first kappa shape index (κ1) is 3.59. The van der Waals surface area contributed by atoms with Gasteiger partial charge in [-0.1, -0.05) is 0 Å². The van der Waals surface area contributed by atoms with Crippen LogP contribution in [-0.2, 0) is 0 Å². The normalized spacial score (nSPS) is 19.7. The standard InChI is InChI=1S/C5H7O/c6-5-3-1-2-4-5/h1,3,6H,2,4H2/q-1/p-1. The minimum absolute atomic E-state index is 0.273. The highest BCUT2D eigenvalue weighted by atomic mass is 16.3. The molecule has 1 aliphatic rings. The van der Waals surface area contributed by atoms with E-state index in [2.05, 4.69) is 0 Å². The van der Waals surface area contributed by atoms with Crippen molar-refractivity contribution in [2.75, 3.05) is 0 Å². The Morgan fingerprint density at radius 3 is 2.83 bits per heavy atom. The van der Waals surface area contributed by atoms with Crippen molar-refractivity contribution in [2.24, 2.45) is 0 Å². The Labute approximate surface area is 37.3 Å². The number of hydrogen-bond donors (Lipinski definition) is 0. The van der Waals surface area contributed by atoms with Gasteiger partial charge in [-0.15, -0.1) is 12.8 Å². The molecule has 0 bridgehead atoms. The van der Waals surface area contributed by atoms with Crippen molar-refractivity contribution in [1.29, 1.82) is 0 Å². The summed E-state index contributed by atoms with van der Waals surface area (Å²) >= 11 is 0. The third kappa shape index (κ3) is 0.482. The first-order chi connectivity index (χ1) is 2.89. The molecule has 0 saturated carbocycles. The summed E-state index contributed by atoms with van der Waals surface area (Å²) in [6.45, 7) is 0. The van der Waals surface area contributed by atoms with Crippen molar-refractivity contribution >= 4 is 0 Å². The Morgan fingerprint density at radius 2 is 2.67 bits per heavy atom. The van der Waals surface area contributed by atoms with Crippen molar-refractivity contribution in [3.8, 4) is 0 Å². The molecule has 0 unspecified atom stereocenters. The highest BCUT2D eigenvalue weighted by Gasteiger charge is 1.77. The van der Waals surface area contributed by atoms with Crippen LogP contribution < -0.4 is 5.11 Å². The van der Waals surface area contributed by atoms with Crippen LogP contribution in [0.4, 0.5) is 0 Å². The third-order valence-corrected chi connectivity index (χ3v) is 0.861. The molecule has 0 spiro atoms. The molecule has 6 heavy (non-hydrogen) atoms. The van der Waals surface area contributed by atoms with E-state index in [-0.39, 0.29) is 5.76 Å². The Morgan fingerprint density at radius 1 is 1.83 bits per heavy atom. The molecule has 0 aromatic carbocycles. The summed E-state index contributed by atoms with van der Waals surface area (Å²) in [5.41, 5.74) is 0. The van der Waals surface area contributed by atoms with Crippen molar-refractivity contribution in [2.45, 2.75) is 12.8 Å². The van der Waals surface area contributed by atoms with Crippen LogP contribution in [0.3, 0.4) is 0 Å². The van der Waals surface area contributed by atoms with Crippen molar-refractivity contribution in [1.82, 2.24) is 0 Å². The minimum atomic E-state index is 0.273. The monoisotopic (exact) mass is 82.0 g/mol. The summed E-state index contributed by atoms with van der Waals surface area (Å²) in [7, 11) is 0. The van der Waals surface area contributed by atoms with E-state index in [0.29, 0.717) is 0 Å². The van der Waals surface area contributed by atoms with Crippen LogP contribution in [0.1, 0.15) is 12.8 Å². The number of rotatable bonds is 0. The van der Waals surface area contributed by atoms with Gasteiger partial charge in [-0.05, 0) is 0 Å². The van der Waals surface area contributed by atoms with Gasteiger partial charge in [-0.25, -0.2) is 12.5 Å². The lowest BCUT2D eigenvalue weighted by molar-refractivity contribution is -0.305. The summed E-state index contributed by atoms with van der Waals surface area (Å²) in [6.07, 6.45) is 5.24. The van der Waals surface area contributed by atoms with Gasteiger partial charge in [0.1, 0.15) is 0 Å². The van der Waals surface area contributed by atoms with Crippen LogP contribution in [-0.4, -0.2) is 0 Å². The maximum atomic E-state index is 10.2. The average Bonchev–Trinajstić information content (AvgIpc) is 1.86. The first-order valence-electron chi connectivity index (χ1n) is 2.09. The maximum Gasteiger partial charge on any atom is -0.114 e. The van der Waals surface area contributed by atoms with E-state index >= 15 is 0 Å². The van der Waals surface area contributed by atoms with Gasteiger partial charge in [-0.2, -0.15) is 0 Å². The Kier molecular flexibility index (Phi) is 0.748. The van der Waals surface area contributed by atoms with Crippen molar-refractivity contribution in [3.63, 3.8) is 0 Å². The van der Waals surface area contributed by atoms with Crippen molar-refractivity contribution < 1.29 is 5.11 Å². The quantitative estimate of drug-likeness (QED) is 0.383. The fourth-order valence-electron chi connectivity index (χ4n) is 0.524. The first-order valence-corrected chi connectivity index (χ1v) is 2.09. The van der Waals surface area contributed by atoms with Gasteiger partial charge in [0, 0.05) is 0 Å². The lowest BCUT2D eigenvalue weighted by atomic mass is 10.4. The van der Waals surface area contributed by atoms with Crippen LogP contribution in [0.2, 0.25) is 0 Å². The molecular weight excluding hydrogens is 76.1 g/mol. The zero-order chi connectivity index (χ0) is 4.41. The molecule has 0 N–H and O–H groups in total. The average molecular weight is 82.1 g/mol. The largest absolute Gasteiger partial charge is 0.957 e. The second-order valence-electron chi connectivity index (χ2n) is 1.41. The van der Waals surface area contributed by atoms with Gasteiger partial charge in [0.05, 0.1) is 0 Å². The van der Waals surface area contributed by atoms with Crippen molar-refractivity contribution in [3.05, 3.63) is 18.3 Å². The predicted molar refractivity (Wildman–Crippen MR) is 21.6 cm³/mol. The molecule has 0 atom stereocenters. The summed E-state index contributed by atoms with van der Waals surface area (Å²) in [6, 6.07) is 0. The molecule has 1 nitrogen and oxygen atoms in total. The Bertz CT molecular complexity index is 74.0. The lowest BCUT2D eigenvalue weighted by Crippen LogP contribution is -1.97. The zero-order valence-electron chi connectivity index (χ0n) is 3.48. The molecule has 0 saturated heterocycles. The summed E-state index contributed by atoms with van der Waals surface area (Å²) in [5, 5.41) is 10.2. The van der Waals surface area contributed by atoms with Crippen LogP contribution in [0.15, 0.2) is 11.8 Å². The van der Waals surface area contributed by atoms with Crippen LogP contribution in [0.5, 0.6) is 0 Å². The second kappa shape index (κ2) is 1.25. The maximum absolute atomic E-state index is 10.2. The molecule has 34 valence electrons. The van der Waals surface area contributed by atoms with E-state index in [0.717, 1.165) is 12.8 Å². The Balaban J connectivity index is 2.45. The molecule has 1 heteroatoms. The SMILES string of the molecule is [O-]C1=C[CH-]CC1. The van der Waals surface area contributed by atoms with Gasteiger partial charge in [0.25, 0.3) is 0 Å². The Hall–Kier alpha value is -0.590. The summed E-state index contributed by atoms with van der Waals surface area (Å²) in [5.74, 6) is 0.273. The minimum Gasteiger partial charge on any atom is -0.957 e. The number of allylic oxidation sites excluding steroid dienone is 2. The van der Waals surface area contributed by atoms with Crippen LogP contribution in [0, 0.1) is 6.42 Å². The van der Waals surface area contributed by atoms with E-state index in [1.54, 1.807) is 6.08 Å². The predicted octanol–water partition coefficient (Wildman–Crippen LogP) is 0.229. The van der Waals surface area contributed by atoms with Gasteiger partial charge < -0.3 is 10.9 Å². The molecule has 0 amide bonds. The molecule has 1 rings (SSSR count). The molecule has 0 aliphatic heterocycles. The fourth-order valence-corrected chi connectivity index (χ4v) is 0.524. The van der Waals surface area contributed by atoms with Gasteiger partial charge in [0.15, 0.2) is 0 Å². The molecule has 1 aliphatic carbocycles. The van der Waals surface area contributed by atoms with E-state index in [1.165, 1.54) is 0 Å². The fraction of sp³-hybridized carbons (Fsp3) is 0.400. The molecule has 0 heterocycles. The van der Waals surface area contributed by atoms with Gasteiger partial charge >= 0.3 is 0 Å². The molecular formula is C5H6O-2. The van der Waals surface area contributed by atoms with Gasteiger partial charge in [0.2, 0.25) is 0 Å². The molecule has 0 aromatic heterocycles. The smallest absolute Gasteiger partial charge is 0.114 e. The van der Waals surface area contributed by atoms with Crippen LogP contribution >= 0.6 is 0 Å². The molecule has 0 fully saturated rings. The summed E-state index contributed by atoms with van der Waals surface area (Å²) in [4.78, 5) is 0. The second-order valence-corrected chi connectivity index (χ2v) is 1.41. The zero-order valence-corrected chi connectivity index (χ0v) is 3.48. The highest BCUT2D eigenvalue weighted by molar-refractivity contribution is 5.06. The third-order valence-electron chi connectivity index (χ3n) is 0.861. The van der Waals surface area contributed by atoms with E-state index in [4.69, 9.17) is 0 Å². The van der Waals surface area contributed by atoms with E-state index in [1.807, 2.05) is 6.42 Å². The van der Waals surface area contributed by atoms with E-state index in [9.17, 15) is 5.11 Å².